The number of aryl methyl sites for hydroxylation is 2. The highest BCUT2D eigenvalue weighted by atomic mass is 16.5. The normalized spacial score (nSPS) is 17.7. The van der Waals surface area contributed by atoms with E-state index in [1.54, 1.807) is 25.3 Å². The van der Waals surface area contributed by atoms with Crippen molar-refractivity contribution in [1.29, 1.82) is 0 Å². The predicted octanol–water partition coefficient (Wildman–Crippen LogP) is 4.17. The van der Waals surface area contributed by atoms with E-state index in [9.17, 15) is 14.7 Å². The van der Waals surface area contributed by atoms with Crippen molar-refractivity contribution in [3.8, 4) is 11.5 Å². The molecule has 1 unspecified atom stereocenters. The molecule has 1 amide bonds. The largest absolute Gasteiger partial charge is 0.507 e. The van der Waals surface area contributed by atoms with Crippen LogP contribution in [0.4, 0.5) is 0 Å². The van der Waals surface area contributed by atoms with Gasteiger partial charge in [-0.15, -0.1) is 0 Å². The molecule has 7 heteroatoms. The zero-order chi connectivity index (χ0) is 24.3. The average Bonchev–Trinajstić information content (AvgIpc) is 3.03. The second-order valence-corrected chi connectivity index (χ2v) is 8.33. The number of para-hydroxylation sites is 1. The Bertz CT molecular complexity index is 1090. The van der Waals surface area contributed by atoms with Gasteiger partial charge in [-0.2, -0.15) is 0 Å². The Balaban J connectivity index is 2.26. The number of rotatable bonds is 8. The molecule has 1 aliphatic rings. The standard InChI is InChI=1S/C26H31NO6/c1-15(2)33-20-10-8-7-9-18(20)23-22(25(29)26(30)27(23)11-12-31-5)24(28)19-13-17(4)21(32-6)14-16(19)3/h7-10,13-15,23,28H,11-12H2,1-6H3/b24-22+. The lowest BCUT2D eigenvalue weighted by molar-refractivity contribution is -0.140. The van der Waals surface area contributed by atoms with Gasteiger partial charge in [0.15, 0.2) is 0 Å². The van der Waals surface area contributed by atoms with Gasteiger partial charge in [0.05, 0.1) is 31.4 Å². The maximum atomic E-state index is 13.2. The van der Waals surface area contributed by atoms with Crippen LogP contribution in [0.25, 0.3) is 5.76 Å². The Hall–Kier alpha value is -3.32. The average molecular weight is 454 g/mol. The molecule has 33 heavy (non-hydrogen) atoms. The SMILES string of the molecule is COCCN1C(=O)C(=O)/C(=C(/O)c2cc(C)c(OC)cc2C)C1c1ccccc1OC(C)C. The van der Waals surface area contributed by atoms with Gasteiger partial charge in [-0.25, -0.2) is 0 Å². The number of aliphatic hydroxyl groups excluding tert-OH is 1. The predicted molar refractivity (Wildman–Crippen MR) is 126 cm³/mol. The third-order valence-electron chi connectivity index (χ3n) is 5.65. The van der Waals surface area contributed by atoms with Crippen LogP contribution < -0.4 is 9.47 Å². The summed E-state index contributed by atoms with van der Waals surface area (Å²) in [5.74, 6) is -0.408. The number of amides is 1. The van der Waals surface area contributed by atoms with Crippen LogP contribution in [0, 0.1) is 13.8 Å². The van der Waals surface area contributed by atoms with Gasteiger partial charge >= 0.3 is 0 Å². The van der Waals surface area contributed by atoms with Crippen LogP contribution in [0.3, 0.4) is 0 Å². The first-order valence-corrected chi connectivity index (χ1v) is 10.9. The van der Waals surface area contributed by atoms with E-state index in [0.717, 1.165) is 11.1 Å². The van der Waals surface area contributed by atoms with Crippen molar-refractivity contribution in [2.45, 2.75) is 39.8 Å². The number of benzene rings is 2. The van der Waals surface area contributed by atoms with Crippen molar-refractivity contribution in [3.05, 3.63) is 64.2 Å². The van der Waals surface area contributed by atoms with E-state index < -0.39 is 17.7 Å². The molecular formula is C26H31NO6. The van der Waals surface area contributed by atoms with Crippen molar-refractivity contribution in [3.63, 3.8) is 0 Å². The number of likely N-dealkylation sites (tertiary alicyclic amines) is 1. The number of methoxy groups -OCH3 is 2. The minimum absolute atomic E-state index is 0.0311. The number of hydrogen-bond acceptors (Lipinski definition) is 6. The van der Waals surface area contributed by atoms with E-state index in [-0.39, 0.29) is 30.6 Å². The fourth-order valence-electron chi connectivity index (χ4n) is 4.10. The molecule has 1 saturated heterocycles. The first-order chi connectivity index (χ1) is 15.7. The maximum absolute atomic E-state index is 13.2. The van der Waals surface area contributed by atoms with Gasteiger partial charge in [0, 0.05) is 24.8 Å². The molecule has 0 aliphatic carbocycles. The molecule has 3 rings (SSSR count). The lowest BCUT2D eigenvalue weighted by Crippen LogP contribution is -2.33. The van der Waals surface area contributed by atoms with E-state index in [4.69, 9.17) is 14.2 Å². The third-order valence-corrected chi connectivity index (χ3v) is 5.65. The van der Waals surface area contributed by atoms with Crippen molar-refractivity contribution in [2.24, 2.45) is 0 Å². The smallest absolute Gasteiger partial charge is 0.295 e. The Kier molecular flexibility index (Phi) is 7.43. The second-order valence-electron chi connectivity index (χ2n) is 8.33. The number of aliphatic hydroxyl groups is 1. The van der Waals surface area contributed by atoms with E-state index in [2.05, 4.69) is 0 Å². The molecule has 176 valence electrons. The molecule has 1 heterocycles. The summed E-state index contributed by atoms with van der Waals surface area (Å²) in [6.45, 7) is 7.93. The van der Waals surface area contributed by atoms with Crippen molar-refractivity contribution in [2.75, 3.05) is 27.4 Å². The van der Waals surface area contributed by atoms with Crippen LogP contribution in [-0.2, 0) is 14.3 Å². The summed E-state index contributed by atoms with van der Waals surface area (Å²) in [6.07, 6.45) is -0.112. The summed E-state index contributed by atoms with van der Waals surface area (Å²) in [6, 6.07) is 10.0. The molecule has 1 N–H and O–H groups in total. The van der Waals surface area contributed by atoms with Crippen molar-refractivity contribution >= 4 is 17.4 Å². The number of carbonyl (C=O) groups is 2. The number of ketones is 1. The van der Waals surface area contributed by atoms with Crippen molar-refractivity contribution < 1.29 is 28.9 Å². The van der Waals surface area contributed by atoms with Gasteiger partial charge < -0.3 is 24.2 Å². The summed E-state index contributed by atoms with van der Waals surface area (Å²) in [5, 5.41) is 11.4. The lowest BCUT2D eigenvalue weighted by Gasteiger charge is -2.27. The fraction of sp³-hybridized carbons (Fsp3) is 0.385. The molecule has 0 spiro atoms. The summed E-state index contributed by atoms with van der Waals surface area (Å²) in [5.41, 5.74) is 2.67. The van der Waals surface area contributed by atoms with E-state index >= 15 is 0 Å². The first-order valence-electron chi connectivity index (χ1n) is 10.9. The monoisotopic (exact) mass is 453 g/mol. The first kappa shape index (κ1) is 24.3. The number of hydrogen-bond donors (Lipinski definition) is 1. The fourth-order valence-corrected chi connectivity index (χ4v) is 4.10. The molecule has 0 bridgehead atoms. The van der Waals surface area contributed by atoms with E-state index in [0.29, 0.717) is 22.6 Å². The molecule has 0 saturated carbocycles. The zero-order valence-corrected chi connectivity index (χ0v) is 20.0. The van der Waals surface area contributed by atoms with Gasteiger partial charge in [-0.05, 0) is 57.0 Å². The van der Waals surface area contributed by atoms with Gasteiger partial charge in [0.1, 0.15) is 17.3 Å². The molecule has 7 nitrogen and oxygen atoms in total. The van der Waals surface area contributed by atoms with Gasteiger partial charge in [-0.3, -0.25) is 9.59 Å². The third kappa shape index (κ3) is 4.73. The van der Waals surface area contributed by atoms with Gasteiger partial charge in [0.2, 0.25) is 0 Å². The highest BCUT2D eigenvalue weighted by molar-refractivity contribution is 6.46. The Morgan fingerprint density at radius 1 is 1.06 bits per heavy atom. The van der Waals surface area contributed by atoms with Crippen LogP contribution in [0.2, 0.25) is 0 Å². The highest BCUT2D eigenvalue weighted by Gasteiger charge is 2.47. The van der Waals surface area contributed by atoms with Crippen LogP contribution >= 0.6 is 0 Å². The molecule has 0 aromatic heterocycles. The van der Waals surface area contributed by atoms with Crippen molar-refractivity contribution in [1.82, 2.24) is 4.90 Å². The van der Waals surface area contributed by atoms with Gasteiger partial charge in [0.25, 0.3) is 11.7 Å². The molecule has 1 fully saturated rings. The molecular weight excluding hydrogens is 422 g/mol. The molecule has 1 atom stereocenters. The summed E-state index contributed by atoms with van der Waals surface area (Å²) in [4.78, 5) is 27.7. The number of ether oxygens (including phenoxy) is 3. The van der Waals surface area contributed by atoms with Crippen LogP contribution in [0.1, 0.15) is 42.1 Å². The second kappa shape index (κ2) is 10.1. The number of nitrogens with zero attached hydrogens (tertiary/aromatic N) is 1. The maximum Gasteiger partial charge on any atom is 0.295 e. The summed E-state index contributed by atoms with van der Waals surface area (Å²) < 4.78 is 16.5. The number of Topliss-reactive ketones (excluding diaryl/α,β-unsaturated/α-hetero) is 1. The molecule has 1 aliphatic heterocycles. The summed E-state index contributed by atoms with van der Waals surface area (Å²) >= 11 is 0. The minimum atomic E-state index is -0.808. The van der Waals surface area contributed by atoms with E-state index in [1.807, 2.05) is 45.9 Å². The Morgan fingerprint density at radius 2 is 1.76 bits per heavy atom. The quantitative estimate of drug-likeness (QED) is 0.367. The Labute approximate surface area is 194 Å². The molecule has 2 aromatic rings. The highest BCUT2D eigenvalue weighted by Crippen LogP contribution is 2.43. The molecule has 0 radical (unpaired) electrons. The zero-order valence-electron chi connectivity index (χ0n) is 20.0. The minimum Gasteiger partial charge on any atom is -0.507 e. The topological polar surface area (TPSA) is 85.3 Å². The van der Waals surface area contributed by atoms with Crippen LogP contribution in [0.15, 0.2) is 42.0 Å². The van der Waals surface area contributed by atoms with Crippen LogP contribution in [-0.4, -0.2) is 55.2 Å². The lowest BCUT2D eigenvalue weighted by atomic mass is 9.92. The Morgan fingerprint density at radius 3 is 2.39 bits per heavy atom. The van der Waals surface area contributed by atoms with E-state index in [1.165, 1.54) is 12.0 Å². The summed E-state index contributed by atoms with van der Waals surface area (Å²) in [7, 11) is 3.11. The molecule has 2 aromatic carbocycles. The van der Waals surface area contributed by atoms with Crippen LogP contribution in [0.5, 0.6) is 11.5 Å². The number of carbonyl (C=O) groups excluding carboxylic acids is 2. The van der Waals surface area contributed by atoms with Gasteiger partial charge in [-0.1, -0.05) is 18.2 Å².